The topological polar surface area (TPSA) is 56.1 Å². The first-order chi connectivity index (χ1) is 18.5. The predicted molar refractivity (Wildman–Crippen MR) is 148 cm³/mol. The molecular formula is C30H30F3N3O2S. The van der Waals surface area contributed by atoms with Crippen LogP contribution in [-0.4, -0.2) is 28.6 Å². The lowest BCUT2D eigenvalue weighted by Crippen LogP contribution is -2.34. The number of alkyl halides is 3. The maximum absolute atomic E-state index is 13.5. The summed E-state index contributed by atoms with van der Waals surface area (Å²) in [6.07, 6.45) is -3.83. The van der Waals surface area contributed by atoms with E-state index in [1.54, 1.807) is 6.07 Å². The van der Waals surface area contributed by atoms with Crippen molar-refractivity contribution in [3.8, 4) is 38.7 Å². The van der Waals surface area contributed by atoms with Crippen LogP contribution in [0.5, 0.6) is 5.75 Å². The zero-order chi connectivity index (χ0) is 27.9. The lowest BCUT2D eigenvalue weighted by molar-refractivity contribution is -0.137. The SMILES string of the molecule is CCOc1cc2c(cc1-c1cccc(C(F)(F)F)c1)-c1c(-c3cccs3)nc(C(=O)NCC(C)(C)C)n1CC2. The van der Waals surface area contributed by atoms with Gasteiger partial charge < -0.3 is 14.6 Å². The smallest absolute Gasteiger partial charge is 0.416 e. The summed E-state index contributed by atoms with van der Waals surface area (Å²) in [4.78, 5) is 19.0. The first-order valence-electron chi connectivity index (χ1n) is 12.9. The van der Waals surface area contributed by atoms with Gasteiger partial charge >= 0.3 is 6.18 Å². The van der Waals surface area contributed by atoms with E-state index in [1.807, 2.05) is 61.9 Å². The molecule has 2 aromatic carbocycles. The fraction of sp³-hybridized carbons (Fsp3) is 0.333. The Labute approximate surface area is 229 Å². The number of amides is 1. The Kier molecular flexibility index (Phi) is 7.05. The average molecular weight is 554 g/mol. The van der Waals surface area contributed by atoms with Crippen molar-refractivity contribution in [2.24, 2.45) is 5.41 Å². The van der Waals surface area contributed by atoms with Crippen LogP contribution in [0, 0.1) is 5.41 Å². The number of fused-ring (bicyclic) bond motifs is 3. The summed E-state index contributed by atoms with van der Waals surface area (Å²) in [5.74, 6) is 0.614. The quantitative estimate of drug-likeness (QED) is 0.266. The van der Waals surface area contributed by atoms with E-state index in [0.717, 1.165) is 33.8 Å². The van der Waals surface area contributed by atoms with Crippen LogP contribution in [0.1, 0.15) is 49.4 Å². The molecule has 0 spiro atoms. The molecule has 5 nitrogen and oxygen atoms in total. The standard InChI is InChI=1S/C30H30F3N3O2S/c1-5-38-23-15-19-11-12-36-26(22(19)16-21(23)18-8-6-9-20(14-18)30(31,32)33)25(24-10-7-13-39-24)35-27(36)28(37)34-17-29(2,3)4/h6-10,13-16H,5,11-12,17H2,1-4H3,(H,34,37). The van der Waals surface area contributed by atoms with Gasteiger partial charge in [-0.1, -0.05) is 39.0 Å². The van der Waals surface area contributed by atoms with E-state index in [4.69, 9.17) is 9.72 Å². The van der Waals surface area contributed by atoms with Gasteiger partial charge in [-0.2, -0.15) is 13.2 Å². The number of halogens is 3. The zero-order valence-electron chi connectivity index (χ0n) is 22.3. The number of aromatic nitrogens is 2. The van der Waals surface area contributed by atoms with Crippen molar-refractivity contribution >= 4 is 17.2 Å². The normalized spacial score (nSPS) is 13.1. The van der Waals surface area contributed by atoms with Gasteiger partial charge in [0, 0.05) is 24.2 Å². The number of imidazole rings is 1. The van der Waals surface area contributed by atoms with Gasteiger partial charge in [-0.3, -0.25) is 4.79 Å². The monoisotopic (exact) mass is 553 g/mol. The maximum Gasteiger partial charge on any atom is 0.416 e. The van der Waals surface area contributed by atoms with Crippen molar-refractivity contribution < 1.29 is 22.7 Å². The Morgan fingerprint density at radius 1 is 1.10 bits per heavy atom. The van der Waals surface area contributed by atoms with Crippen LogP contribution in [0.15, 0.2) is 53.9 Å². The minimum Gasteiger partial charge on any atom is -0.493 e. The average Bonchev–Trinajstić information content (AvgIpc) is 3.54. The van der Waals surface area contributed by atoms with Crippen molar-refractivity contribution in [3.05, 3.63) is 70.9 Å². The van der Waals surface area contributed by atoms with Gasteiger partial charge in [0.05, 0.1) is 22.7 Å². The third-order valence-corrected chi connectivity index (χ3v) is 7.45. The lowest BCUT2D eigenvalue weighted by Gasteiger charge is -2.24. The molecule has 1 amide bonds. The zero-order valence-corrected chi connectivity index (χ0v) is 23.1. The van der Waals surface area contributed by atoms with Gasteiger partial charge in [-0.15, -0.1) is 11.3 Å². The van der Waals surface area contributed by atoms with Crippen molar-refractivity contribution in [3.63, 3.8) is 0 Å². The number of carbonyl (C=O) groups excluding carboxylic acids is 1. The fourth-order valence-electron chi connectivity index (χ4n) is 4.77. The van der Waals surface area contributed by atoms with Gasteiger partial charge in [0.25, 0.3) is 5.91 Å². The second-order valence-corrected chi connectivity index (χ2v) is 11.7. The molecule has 1 aliphatic rings. The number of nitrogens with zero attached hydrogens (tertiary/aromatic N) is 2. The molecule has 0 radical (unpaired) electrons. The largest absolute Gasteiger partial charge is 0.493 e. The van der Waals surface area contributed by atoms with Gasteiger partial charge in [0.1, 0.15) is 11.4 Å². The highest BCUT2D eigenvalue weighted by Crippen LogP contribution is 2.45. The van der Waals surface area contributed by atoms with E-state index in [9.17, 15) is 18.0 Å². The van der Waals surface area contributed by atoms with Crippen molar-refractivity contribution in [1.29, 1.82) is 0 Å². The first-order valence-corrected chi connectivity index (χ1v) is 13.7. The Morgan fingerprint density at radius 2 is 1.90 bits per heavy atom. The molecule has 2 aromatic heterocycles. The molecule has 39 heavy (non-hydrogen) atoms. The van der Waals surface area contributed by atoms with E-state index in [2.05, 4.69) is 5.32 Å². The van der Waals surface area contributed by atoms with Crippen LogP contribution < -0.4 is 10.1 Å². The number of ether oxygens (including phenoxy) is 1. The number of rotatable bonds is 6. The minimum absolute atomic E-state index is 0.0916. The second-order valence-electron chi connectivity index (χ2n) is 10.8. The predicted octanol–water partition coefficient (Wildman–Crippen LogP) is 7.70. The summed E-state index contributed by atoms with van der Waals surface area (Å²) in [5.41, 5.74) is 3.47. The van der Waals surface area contributed by atoms with E-state index < -0.39 is 11.7 Å². The van der Waals surface area contributed by atoms with Crippen molar-refractivity contribution in [2.75, 3.05) is 13.2 Å². The molecule has 0 bridgehead atoms. The van der Waals surface area contributed by atoms with Gasteiger partial charge in [0.15, 0.2) is 5.82 Å². The number of hydrogen-bond acceptors (Lipinski definition) is 4. The van der Waals surface area contributed by atoms with E-state index in [-0.39, 0.29) is 11.3 Å². The summed E-state index contributed by atoms with van der Waals surface area (Å²) in [7, 11) is 0. The summed E-state index contributed by atoms with van der Waals surface area (Å²) in [6.45, 7) is 9.42. The number of benzene rings is 2. The molecule has 0 saturated heterocycles. The van der Waals surface area contributed by atoms with Crippen LogP contribution in [0.2, 0.25) is 0 Å². The Bertz CT molecular complexity index is 1520. The maximum atomic E-state index is 13.5. The third kappa shape index (κ3) is 5.45. The van der Waals surface area contributed by atoms with Crippen LogP contribution in [-0.2, 0) is 19.1 Å². The molecule has 204 valence electrons. The number of nitrogens with one attached hydrogen (secondary N) is 1. The van der Waals surface area contributed by atoms with Crippen molar-refractivity contribution in [1.82, 2.24) is 14.9 Å². The molecular weight excluding hydrogens is 523 g/mol. The highest BCUT2D eigenvalue weighted by atomic mass is 32.1. The minimum atomic E-state index is -4.46. The van der Waals surface area contributed by atoms with Gasteiger partial charge in [-0.05, 0) is 65.6 Å². The van der Waals surface area contributed by atoms with Crippen LogP contribution in [0.4, 0.5) is 13.2 Å². The summed E-state index contributed by atoms with van der Waals surface area (Å²) in [5, 5.41) is 4.96. The highest BCUT2D eigenvalue weighted by Gasteiger charge is 2.32. The second kappa shape index (κ2) is 10.2. The van der Waals surface area contributed by atoms with Crippen LogP contribution in [0.25, 0.3) is 33.0 Å². The molecule has 0 saturated carbocycles. The molecule has 9 heteroatoms. The lowest BCUT2D eigenvalue weighted by atomic mass is 9.91. The Balaban J connectivity index is 1.69. The molecule has 0 aliphatic carbocycles. The molecule has 0 atom stereocenters. The fourth-order valence-corrected chi connectivity index (χ4v) is 5.49. The molecule has 1 aliphatic heterocycles. The molecule has 4 aromatic rings. The molecule has 1 N–H and O–H groups in total. The van der Waals surface area contributed by atoms with Crippen LogP contribution in [0.3, 0.4) is 0 Å². The van der Waals surface area contributed by atoms with E-state index in [1.165, 1.54) is 17.4 Å². The van der Waals surface area contributed by atoms with Crippen LogP contribution >= 0.6 is 11.3 Å². The highest BCUT2D eigenvalue weighted by molar-refractivity contribution is 7.13. The van der Waals surface area contributed by atoms with E-state index in [0.29, 0.717) is 54.5 Å². The number of aryl methyl sites for hydroxylation is 1. The van der Waals surface area contributed by atoms with Crippen molar-refractivity contribution in [2.45, 2.75) is 46.8 Å². The summed E-state index contributed by atoms with van der Waals surface area (Å²) in [6, 6.07) is 13.0. The Morgan fingerprint density at radius 3 is 2.56 bits per heavy atom. The number of thiophene rings is 1. The van der Waals surface area contributed by atoms with Gasteiger partial charge in [0.2, 0.25) is 0 Å². The van der Waals surface area contributed by atoms with E-state index >= 15 is 0 Å². The number of hydrogen-bond donors (Lipinski definition) is 1. The molecule has 5 rings (SSSR count). The number of carbonyl (C=O) groups is 1. The molecule has 3 heterocycles. The molecule has 0 fully saturated rings. The molecule has 0 unspecified atom stereocenters. The Hall–Kier alpha value is -3.59. The summed E-state index contributed by atoms with van der Waals surface area (Å²) >= 11 is 1.53. The summed E-state index contributed by atoms with van der Waals surface area (Å²) < 4.78 is 48.5. The first kappa shape index (κ1) is 27.0. The third-order valence-electron chi connectivity index (χ3n) is 6.57. The van der Waals surface area contributed by atoms with Gasteiger partial charge in [-0.25, -0.2) is 4.98 Å².